The second kappa shape index (κ2) is 16.6. The lowest BCUT2D eigenvalue weighted by Crippen LogP contribution is -2.49. The Balaban J connectivity index is 0.00000280. The van der Waals surface area contributed by atoms with Gasteiger partial charge in [0.1, 0.15) is 6.54 Å². The maximum Gasteiger partial charge on any atom is 0.256 e. The van der Waals surface area contributed by atoms with E-state index in [1.165, 1.54) is 11.1 Å². The third-order valence-corrected chi connectivity index (χ3v) is 6.93. The fourth-order valence-corrected chi connectivity index (χ4v) is 4.58. The highest BCUT2D eigenvalue weighted by molar-refractivity contribution is 5.87. The highest BCUT2D eigenvalue weighted by Crippen LogP contribution is 2.25. The summed E-state index contributed by atoms with van der Waals surface area (Å²) < 4.78 is 1.77. The van der Waals surface area contributed by atoms with Crippen LogP contribution in [0.1, 0.15) is 30.5 Å². The molecule has 0 radical (unpaired) electrons. The van der Waals surface area contributed by atoms with Gasteiger partial charge < -0.3 is 15.5 Å². The molecule has 2 heterocycles. The average molecular weight is 627 g/mol. The van der Waals surface area contributed by atoms with Crippen molar-refractivity contribution in [1.29, 1.82) is 0 Å². The third-order valence-electron chi connectivity index (χ3n) is 6.93. The zero-order valence-electron chi connectivity index (χ0n) is 24.3. The van der Waals surface area contributed by atoms with Crippen molar-refractivity contribution >= 4 is 54.7 Å². The largest absolute Gasteiger partial charge is 0.376 e. The summed E-state index contributed by atoms with van der Waals surface area (Å²) >= 11 is 0. The Morgan fingerprint density at radius 3 is 2.24 bits per heavy atom. The first-order chi connectivity index (χ1) is 18.2. The van der Waals surface area contributed by atoms with E-state index < -0.39 is 0 Å². The number of fused-ring (bicyclic) bond motifs is 1. The number of rotatable bonds is 11. The van der Waals surface area contributed by atoms with Crippen molar-refractivity contribution in [2.45, 2.75) is 39.9 Å². The summed E-state index contributed by atoms with van der Waals surface area (Å²) in [6.07, 6.45) is 3.79. The number of halogens is 3. The summed E-state index contributed by atoms with van der Waals surface area (Å²) in [5, 5.41) is 14.6. The summed E-state index contributed by atoms with van der Waals surface area (Å²) in [6, 6.07) is 14.6. The van der Waals surface area contributed by atoms with Crippen molar-refractivity contribution in [2.75, 3.05) is 38.5 Å². The van der Waals surface area contributed by atoms with Crippen LogP contribution in [0.2, 0.25) is 0 Å². The van der Waals surface area contributed by atoms with Gasteiger partial charge in [-0.05, 0) is 35.2 Å². The molecule has 0 spiro atoms. The molecule has 226 valence electrons. The van der Waals surface area contributed by atoms with Crippen LogP contribution in [0.4, 0.5) is 5.69 Å². The van der Waals surface area contributed by atoms with Crippen molar-refractivity contribution in [3.63, 3.8) is 0 Å². The molecule has 41 heavy (non-hydrogen) atoms. The van der Waals surface area contributed by atoms with Crippen LogP contribution in [0.5, 0.6) is 0 Å². The molecule has 0 saturated heterocycles. The monoisotopic (exact) mass is 625 g/mol. The molecule has 0 saturated carbocycles. The van der Waals surface area contributed by atoms with Gasteiger partial charge in [-0.1, -0.05) is 50.2 Å². The Labute approximate surface area is 261 Å². The maximum atomic E-state index is 13.4. The number of aryl methyl sites for hydroxylation is 2. The van der Waals surface area contributed by atoms with Crippen molar-refractivity contribution in [1.82, 2.24) is 30.0 Å². The van der Waals surface area contributed by atoms with Crippen molar-refractivity contribution in [3.05, 3.63) is 71.5 Å². The summed E-state index contributed by atoms with van der Waals surface area (Å²) in [5.74, 6) is -0.223. The molecule has 0 bridgehead atoms. The van der Waals surface area contributed by atoms with E-state index in [0.717, 1.165) is 22.4 Å². The summed E-state index contributed by atoms with van der Waals surface area (Å²) in [6.45, 7) is 8.72. The third kappa shape index (κ3) is 9.61. The van der Waals surface area contributed by atoms with E-state index in [-0.39, 0.29) is 62.1 Å². The van der Waals surface area contributed by atoms with E-state index in [9.17, 15) is 9.59 Å². The molecule has 2 aromatic carbocycles. The molecule has 1 aliphatic rings. The number of nitrogens with zero attached hydrogens (tertiary/aromatic N) is 5. The highest BCUT2D eigenvalue weighted by atomic mass is 35.5. The van der Waals surface area contributed by atoms with Gasteiger partial charge in [-0.2, -0.15) is 5.10 Å². The molecule has 0 aliphatic carbocycles. The molecule has 0 fully saturated rings. The first kappa shape index (κ1) is 36.2. The lowest BCUT2D eigenvalue weighted by atomic mass is 10.1. The van der Waals surface area contributed by atoms with Gasteiger partial charge >= 0.3 is 0 Å². The van der Waals surface area contributed by atoms with Gasteiger partial charge in [0, 0.05) is 63.8 Å². The predicted molar refractivity (Wildman–Crippen MR) is 172 cm³/mol. The predicted octanol–water partition coefficient (Wildman–Crippen LogP) is 4.29. The Morgan fingerprint density at radius 1 is 1.00 bits per heavy atom. The average Bonchev–Trinajstić information content (AvgIpc) is 3.53. The van der Waals surface area contributed by atoms with Crippen molar-refractivity contribution < 1.29 is 9.59 Å². The van der Waals surface area contributed by atoms with Gasteiger partial charge in [-0.25, -0.2) is 5.01 Å². The first-order valence-corrected chi connectivity index (χ1v) is 13.1. The Morgan fingerprint density at radius 2 is 1.66 bits per heavy atom. The topological polar surface area (TPSA) is 85.7 Å². The minimum Gasteiger partial charge on any atom is -0.376 e. The summed E-state index contributed by atoms with van der Waals surface area (Å²) in [7, 11) is 3.67. The van der Waals surface area contributed by atoms with Gasteiger partial charge in [0.15, 0.2) is 0 Å². The van der Waals surface area contributed by atoms with E-state index in [1.54, 1.807) is 21.6 Å². The first-order valence-electron chi connectivity index (χ1n) is 13.1. The highest BCUT2D eigenvalue weighted by Gasteiger charge is 2.27. The second-order valence-corrected chi connectivity index (χ2v) is 10.2. The smallest absolute Gasteiger partial charge is 0.256 e. The van der Waals surface area contributed by atoms with Crippen LogP contribution in [0.25, 0.3) is 11.1 Å². The lowest BCUT2D eigenvalue weighted by Gasteiger charge is -2.31. The molecule has 0 atom stereocenters. The zero-order valence-corrected chi connectivity index (χ0v) is 26.7. The standard InChI is InChI=1S/C29H39N7O2.3ClH/c1-21(2)30-12-13-35(20-29(38)34(5)36-18-24-8-6-7-9-25(24)19-36)28(37)16-31-27-14-23(11-10-22(27)3)26-15-32-33(4)17-26;;;/h6-11,14-15,17,21,30-31H,12-13,16,18-20H2,1-5H3;3*1H. The van der Waals surface area contributed by atoms with Gasteiger partial charge in [-0.3, -0.25) is 19.3 Å². The van der Waals surface area contributed by atoms with E-state index in [0.29, 0.717) is 32.2 Å². The quantitative estimate of drug-likeness (QED) is 0.331. The molecular weight excluding hydrogens is 585 g/mol. The molecule has 1 aromatic heterocycles. The number of carbonyl (C=O) groups excluding carboxylic acids is 2. The molecular formula is C29H42Cl3N7O2. The molecule has 9 nitrogen and oxygen atoms in total. The van der Waals surface area contributed by atoms with E-state index in [1.807, 2.05) is 61.7 Å². The molecule has 1 aliphatic heterocycles. The Kier molecular flexibility index (Phi) is 14.6. The Hall–Kier alpha value is -2.82. The number of carbonyl (C=O) groups is 2. The number of amides is 2. The minimum atomic E-state index is -0.117. The van der Waals surface area contributed by atoms with Gasteiger partial charge in [-0.15, -0.1) is 37.2 Å². The van der Waals surface area contributed by atoms with Crippen LogP contribution in [0, 0.1) is 6.92 Å². The van der Waals surface area contributed by atoms with E-state index >= 15 is 0 Å². The summed E-state index contributed by atoms with van der Waals surface area (Å²) in [5.41, 5.74) is 6.44. The van der Waals surface area contributed by atoms with Crippen LogP contribution in [-0.2, 0) is 29.7 Å². The van der Waals surface area contributed by atoms with Crippen LogP contribution in [-0.4, -0.2) is 75.8 Å². The number of likely N-dealkylation sites (N-methyl/N-ethyl adjacent to an activating group) is 1. The lowest BCUT2D eigenvalue weighted by molar-refractivity contribution is -0.151. The van der Waals surface area contributed by atoms with Gasteiger partial charge in [0.25, 0.3) is 5.91 Å². The molecule has 0 unspecified atom stereocenters. The minimum absolute atomic E-state index is 0. The number of nitrogens with one attached hydrogen (secondary N) is 2. The molecule has 2 N–H and O–H groups in total. The molecule has 2 amide bonds. The number of aromatic nitrogens is 2. The Bertz CT molecular complexity index is 1260. The van der Waals surface area contributed by atoms with Gasteiger partial charge in [0.05, 0.1) is 12.7 Å². The fourth-order valence-electron chi connectivity index (χ4n) is 4.58. The van der Waals surface area contributed by atoms with E-state index in [4.69, 9.17) is 0 Å². The van der Waals surface area contributed by atoms with E-state index in [2.05, 4.69) is 41.7 Å². The maximum absolute atomic E-state index is 13.4. The molecule has 3 aromatic rings. The van der Waals surface area contributed by atoms with Crippen LogP contribution in [0.15, 0.2) is 54.9 Å². The number of hydrogen-bond acceptors (Lipinski definition) is 6. The van der Waals surface area contributed by atoms with Crippen LogP contribution in [0.3, 0.4) is 0 Å². The van der Waals surface area contributed by atoms with Crippen molar-refractivity contribution in [3.8, 4) is 11.1 Å². The number of benzene rings is 2. The van der Waals surface area contributed by atoms with Crippen LogP contribution >= 0.6 is 37.2 Å². The number of anilines is 1. The molecule has 12 heteroatoms. The summed E-state index contributed by atoms with van der Waals surface area (Å²) in [4.78, 5) is 28.3. The SMILES string of the molecule is Cc1ccc(-c2cnn(C)c2)cc1NCC(=O)N(CCNC(C)C)CC(=O)N(C)N1Cc2ccccc2C1.Cl.Cl.Cl. The second-order valence-electron chi connectivity index (χ2n) is 10.2. The van der Waals surface area contributed by atoms with Gasteiger partial charge in [0.2, 0.25) is 5.91 Å². The number of hydrogen-bond donors (Lipinski definition) is 2. The molecule has 4 rings (SSSR count). The van der Waals surface area contributed by atoms with Crippen molar-refractivity contribution in [2.24, 2.45) is 7.05 Å². The fraction of sp³-hybridized carbons (Fsp3) is 0.414. The normalized spacial score (nSPS) is 12.0. The zero-order chi connectivity index (χ0) is 27.2. The van der Waals surface area contributed by atoms with Crippen LogP contribution < -0.4 is 10.6 Å². The number of hydrazine groups is 1.